The van der Waals surface area contributed by atoms with E-state index in [1.54, 1.807) is 18.2 Å². The number of rotatable bonds is 4. The Balaban J connectivity index is 1.74. The van der Waals surface area contributed by atoms with E-state index in [1.807, 2.05) is 30.3 Å². The lowest BCUT2D eigenvalue weighted by Crippen LogP contribution is -2.43. The lowest BCUT2D eigenvalue weighted by molar-refractivity contribution is -0.121. The third-order valence-corrected chi connectivity index (χ3v) is 3.73. The van der Waals surface area contributed by atoms with Gasteiger partial charge in [-0.25, -0.2) is 0 Å². The van der Waals surface area contributed by atoms with Gasteiger partial charge in [0.1, 0.15) is 0 Å². The fraction of sp³-hybridized carbons (Fsp3) is 0.125. The Morgan fingerprint density at radius 2 is 1.78 bits per heavy atom. The van der Waals surface area contributed by atoms with Gasteiger partial charge in [-0.15, -0.1) is 0 Å². The van der Waals surface area contributed by atoms with Crippen molar-refractivity contribution in [1.82, 2.24) is 10.9 Å². The molecule has 0 aliphatic carbocycles. The Hall–Kier alpha value is -1.82. The van der Waals surface area contributed by atoms with Gasteiger partial charge in [-0.1, -0.05) is 53.5 Å². The van der Waals surface area contributed by atoms with Crippen molar-refractivity contribution in [2.24, 2.45) is 0 Å². The number of amides is 1. The van der Waals surface area contributed by atoms with Crippen molar-refractivity contribution in [1.29, 1.82) is 0 Å². The maximum absolute atomic E-state index is 11.8. The van der Waals surface area contributed by atoms with Crippen LogP contribution in [0.15, 0.2) is 48.5 Å². The lowest BCUT2D eigenvalue weighted by Gasteiger charge is -2.12. The highest BCUT2D eigenvalue weighted by molar-refractivity contribution is 7.80. The number of hydrogen-bond donors (Lipinski definition) is 3. The minimum atomic E-state index is -0.153. The molecule has 0 bridgehead atoms. The van der Waals surface area contributed by atoms with Gasteiger partial charge in [0.15, 0.2) is 5.11 Å². The number of carbonyl (C=O) groups excluding carboxylic acids is 1. The maximum atomic E-state index is 11.8. The molecule has 0 aliphatic heterocycles. The second-order valence-electron chi connectivity index (χ2n) is 4.74. The first-order valence-electron chi connectivity index (χ1n) is 6.89. The van der Waals surface area contributed by atoms with Crippen LogP contribution in [0.5, 0.6) is 0 Å². The molecule has 2 aromatic carbocycles. The summed E-state index contributed by atoms with van der Waals surface area (Å²) in [4.78, 5) is 11.8. The highest BCUT2D eigenvalue weighted by Crippen LogP contribution is 2.25. The predicted molar refractivity (Wildman–Crippen MR) is 98.7 cm³/mol. The molecule has 3 N–H and O–H groups in total. The highest BCUT2D eigenvalue weighted by atomic mass is 35.5. The van der Waals surface area contributed by atoms with Gasteiger partial charge in [-0.3, -0.25) is 15.6 Å². The predicted octanol–water partition coefficient (Wildman–Crippen LogP) is 3.94. The highest BCUT2D eigenvalue weighted by Gasteiger charge is 2.05. The van der Waals surface area contributed by atoms with Gasteiger partial charge in [0.2, 0.25) is 5.91 Å². The van der Waals surface area contributed by atoms with Crippen LogP contribution in [-0.2, 0) is 11.2 Å². The molecule has 0 spiro atoms. The SMILES string of the molecule is O=C(CCc1ccccc1)NNC(=S)Nc1ccc(Cl)cc1Cl. The number of hydrazine groups is 1. The molecule has 2 aromatic rings. The van der Waals surface area contributed by atoms with Crippen molar-refractivity contribution in [2.45, 2.75) is 12.8 Å². The average Bonchev–Trinajstić information content (AvgIpc) is 2.54. The van der Waals surface area contributed by atoms with Crippen molar-refractivity contribution < 1.29 is 4.79 Å². The molecular weight excluding hydrogens is 353 g/mol. The summed E-state index contributed by atoms with van der Waals surface area (Å²) in [5, 5.41) is 4.10. The summed E-state index contributed by atoms with van der Waals surface area (Å²) in [5.41, 5.74) is 6.89. The largest absolute Gasteiger partial charge is 0.330 e. The van der Waals surface area contributed by atoms with Crippen LogP contribution >= 0.6 is 35.4 Å². The van der Waals surface area contributed by atoms with Crippen LogP contribution in [-0.4, -0.2) is 11.0 Å². The standard InChI is InChI=1S/C16H15Cl2N3OS/c17-12-7-8-14(13(18)10-12)19-16(23)21-20-15(22)9-6-11-4-2-1-3-5-11/h1-5,7-8,10H,6,9H2,(H,20,22)(H2,19,21,23). The number of carbonyl (C=O) groups is 1. The van der Waals surface area contributed by atoms with Gasteiger partial charge in [-0.05, 0) is 42.4 Å². The molecular formula is C16H15Cl2N3OS. The van der Waals surface area contributed by atoms with Crippen LogP contribution in [0, 0.1) is 0 Å². The molecule has 120 valence electrons. The first-order valence-corrected chi connectivity index (χ1v) is 8.06. The third kappa shape index (κ3) is 6.06. The van der Waals surface area contributed by atoms with Crippen molar-refractivity contribution in [3.63, 3.8) is 0 Å². The molecule has 0 unspecified atom stereocenters. The summed E-state index contributed by atoms with van der Waals surface area (Å²) < 4.78 is 0. The van der Waals surface area contributed by atoms with Gasteiger partial charge in [0.05, 0.1) is 10.7 Å². The molecule has 0 atom stereocenters. The van der Waals surface area contributed by atoms with E-state index in [0.29, 0.717) is 28.6 Å². The molecule has 7 heteroatoms. The second-order valence-corrected chi connectivity index (χ2v) is 5.99. The molecule has 0 saturated carbocycles. The van der Waals surface area contributed by atoms with E-state index in [0.717, 1.165) is 5.56 Å². The molecule has 0 aromatic heterocycles. The lowest BCUT2D eigenvalue weighted by atomic mass is 10.1. The normalized spacial score (nSPS) is 10.0. The van der Waals surface area contributed by atoms with E-state index >= 15 is 0 Å². The molecule has 23 heavy (non-hydrogen) atoms. The minimum Gasteiger partial charge on any atom is -0.330 e. The summed E-state index contributed by atoms with van der Waals surface area (Å²) in [6.07, 6.45) is 1.03. The summed E-state index contributed by atoms with van der Waals surface area (Å²) >= 11 is 17.0. The monoisotopic (exact) mass is 367 g/mol. The molecule has 0 radical (unpaired) electrons. The van der Waals surface area contributed by atoms with Crippen molar-refractivity contribution in [3.8, 4) is 0 Å². The minimum absolute atomic E-state index is 0.153. The molecule has 0 heterocycles. The van der Waals surface area contributed by atoms with E-state index in [-0.39, 0.29) is 11.0 Å². The Kier molecular flexibility index (Phi) is 6.65. The first-order chi connectivity index (χ1) is 11.0. The molecule has 0 saturated heterocycles. The number of hydrogen-bond acceptors (Lipinski definition) is 2. The van der Waals surface area contributed by atoms with Crippen molar-refractivity contribution >= 4 is 52.1 Å². The summed E-state index contributed by atoms with van der Waals surface area (Å²) in [6, 6.07) is 14.8. The zero-order valence-electron chi connectivity index (χ0n) is 12.1. The van der Waals surface area contributed by atoms with Crippen LogP contribution in [0.1, 0.15) is 12.0 Å². The Bertz CT molecular complexity index is 695. The van der Waals surface area contributed by atoms with Crippen LogP contribution in [0.2, 0.25) is 10.0 Å². The van der Waals surface area contributed by atoms with Gasteiger partial charge in [-0.2, -0.15) is 0 Å². The topological polar surface area (TPSA) is 53.2 Å². The fourth-order valence-corrected chi connectivity index (χ4v) is 2.45. The molecule has 1 amide bonds. The van der Waals surface area contributed by atoms with Crippen LogP contribution in [0.3, 0.4) is 0 Å². The number of halogens is 2. The molecule has 2 rings (SSSR count). The average molecular weight is 368 g/mol. The van der Waals surface area contributed by atoms with E-state index < -0.39 is 0 Å². The smallest absolute Gasteiger partial charge is 0.238 e. The van der Waals surface area contributed by atoms with Gasteiger partial charge >= 0.3 is 0 Å². The second kappa shape index (κ2) is 8.72. The van der Waals surface area contributed by atoms with Crippen LogP contribution < -0.4 is 16.2 Å². The number of nitrogens with one attached hydrogen (secondary N) is 3. The Labute approximate surface area is 150 Å². The van der Waals surface area contributed by atoms with Crippen LogP contribution in [0.25, 0.3) is 0 Å². The first kappa shape index (κ1) is 17.5. The summed E-state index contributed by atoms with van der Waals surface area (Å²) in [5.74, 6) is -0.153. The maximum Gasteiger partial charge on any atom is 0.238 e. The Morgan fingerprint density at radius 1 is 1.04 bits per heavy atom. The van der Waals surface area contributed by atoms with Crippen molar-refractivity contribution in [3.05, 3.63) is 64.1 Å². The van der Waals surface area contributed by atoms with E-state index in [4.69, 9.17) is 35.4 Å². The fourth-order valence-electron chi connectivity index (χ4n) is 1.84. The van der Waals surface area contributed by atoms with Gasteiger partial charge in [0, 0.05) is 11.4 Å². The number of aryl methyl sites for hydroxylation is 1. The Morgan fingerprint density at radius 3 is 2.48 bits per heavy atom. The number of anilines is 1. The van der Waals surface area contributed by atoms with Crippen molar-refractivity contribution in [2.75, 3.05) is 5.32 Å². The van der Waals surface area contributed by atoms with Gasteiger partial charge < -0.3 is 5.32 Å². The van der Waals surface area contributed by atoms with Gasteiger partial charge in [0.25, 0.3) is 0 Å². The zero-order valence-corrected chi connectivity index (χ0v) is 14.4. The van der Waals surface area contributed by atoms with E-state index in [2.05, 4.69) is 16.2 Å². The quantitative estimate of drug-likeness (QED) is 0.565. The molecule has 0 aliphatic rings. The van der Waals surface area contributed by atoms with E-state index in [1.165, 1.54) is 0 Å². The molecule has 4 nitrogen and oxygen atoms in total. The third-order valence-electron chi connectivity index (χ3n) is 2.98. The summed E-state index contributed by atoms with van der Waals surface area (Å²) in [7, 11) is 0. The summed E-state index contributed by atoms with van der Waals surface area (Å²) in [6.45, 7) is 0. The molecule has 0 fully saturated rings. The number of thiocarbonyl (C=S) groups is 1. The zero-order chi connectivity index (χ0) is 16.7. The van der Waals surface area contributed by atoms with Crippen LogP contribution in [0.4, 0.5) is 5.69 Å². The van der Waals surface area contributed by atoms with E-state index in [9.17, 15) is 4.79 Å². The number of benzene rings is 2.